The van der Waals surface area contributed by atoms with Gasteiger partial charge in [0.1, 0.15) is 4.21 Å². The van der Waals surface area contributed by atoms with Crippen LogP contribution in [0.5, 0.6) is 0 Å². The fourth-order valence-corrected chi connectivity index (χ4v) is 5.10. The zero-order chi connectivity index (χ0) is 13.2. The lowest BCUT2D eigenvalue weighted by Gasteiger charge is -2.19. The van der Waals surface area contributed by atoms with Crippen molar-refractivity contribution in [1.29, 1.82) is 0 Å². The lowest BCUT2D eigenvalue weighted by atomic mass is 10.3. The van der Waals surface area contributed by atoms with Crippen LogP contribution in [0.15, 0.2) is 15.7 Å². The molecule has 0 amide bonds. The molecule has 0 spiro atoms. The van der Waals surface area contributed by atoms with Crippen LogP contribution in [0.25, 0.3) is 0 Å². The van der Waals surface area contributed by atoms with Gasteiger partial charge in [-0.2, -0.15) is 4.31 Å². The molecule has 6 heteroatoms. The highest BCUT2D eigenvalue weighted by Gasteiger charge is 2.37. The van der Waals surface area contributed by atoms with Crippen LogP contribution in [0.4, 0.5) is 0 Å². The van der Waals surface area contributed by atoms with Crippen molar-refractivity contribution in [1.82, 2.24) is 9.62 Å². The molecule has 1 saturated carbocycles. The molecule has 1 aliphatic carbocycles. The Bertz CT molecular complexity index is 492. The molecule has 0 aliphatic heterocycles. The van der Waals surface area contributed by atoms with Crippen LogP contribution in [-0.2, 0) is 16.6 Å². The van der Waals surface area contributed by atoms with Gasteiger partial charge in [0, 0.05) is 19.1 Å². The molecule has 1 N–H and O–H groups in total. The summed E-state index contributed by atoms with van der Waals surface area (Å²) in [6.07, 6.45) is 2.88. The van der Waals surface area contributed by atoms with Gasteiger partial charge in [0.15, 0.2) is 0 Å². The molecule has 2 rings (SSSR count). The SMILES string of the molecule is CCCN(C1CC1)S(=O)(=O)c1cc(CNC)cs1. The number of hydrogen-bond acceptors (Lipinski definition) is 4. The Morgan fingerprint density at radius 1 is 1.50 bits per heavy atom. The largest absolute Gasteiger partial charge is 0.316 e. The number of sulfonamides is 1. The van der Waals surface area contributed by atoms with Crippen molar-refractivity contribution in [3.8, 4) is 0 Å². The molecule has 0 atom stereocenters. The van der Waals surface area contributed by atoms with Crippen molar-refractivity contribution in [3.63, 3.8) is 0 Å². The molecular formula is C12H20N2O2S2. The number of rotatable bonds is 7. The monoisotopic (exact) mass is 288 g/mol. The second-order valence-corrected chi connectivity index (χ2v) is 7.68. The molecule has 102 valence electrons. The van der Waals surface area contributed by atoms with E-state index in [0.717, 1.165) is 24.8 Å². The van der Waals surface area contributed by atoms with Crippen molar-refractivity contribution >= 4 is 21.4 Å². The molecule has 0 unspecified atom stereocenters. The molecule has 0 radical (unpaired) electrons. The number of hydrogen-bond donors (Lipinski definition) is 1. The van der Waals surface area contributed by atoms with Gasteiger partial charge in [0.25, 0.3) is 10.0 Å². The Kier molecular flexibility index (Phi) is 4.42. The Hall–Kier alpha value is -0.430. The molecule has 1 aliphatic rings. The fourth-order valence-electron chi connectivity index (χ4n) is 1.98. The highest BCUT2D eigenvalue weighted by molar-refractivity contribution is 7.91. The average molecular weight is 288 g/mol. The van der Waals surface area contributed by atoms with Crippen LogP contribution in [0.2, 0.25) is 0 Å². The van der Waals surface area contributed by atoms with E-state index in [1.165, 1.54) is 11.3 Å². The van der Waals surface area contributed by atoms with E-state index in [9.17, 15) is 8.42 Å². The van der Waals surface area contributed by atoms with E-state index in [1.54, 1.807) is 10.4 Å². The molecule has 1 fully saturated rings. The van der Waals surface area contributed by atoms with Crippen LogP contribution in [0, 0.1) is 0 Å². The van der Waals surface area contributed by atoms with Crippen molar-refractivity contribution in [2.75, 3.05) is 13.6 Å². The van der Waals surface area contributed by atoms with E-state index >= 15 is 0 Å². The van der Waals surface area contributed by atoms with E-state index in [1.807, 2.05) is 19.4 Å². The van der Waals surface area contributed by atoms with Crippen LogP contribution in [0.3, 0.4) is 0 Å². The van der Waals surface area contributed by atoms with Gasteiger partial charge in [-0.3, -0.25) is 0 Å². The number of nitrogens with one attached hydrogen (secondary N) is 1. The first-order valence-electron chi connectivity index (χ1n) is 6.33. The van der Waals surface area contributed by atoms with E-state index in [2.05, 4.69) is 5.32 Å². The maximum Gasteiger partial charge on any atom is 0.252 e. The van der Waals surface area contributed by atoms with Gasteiger partial charge in [-0.05, 0) is 43.3 Å². The summed E-state index contributed by atoms with van der Waals surface area (Å²) in [5.74, 6) is 0. The predicted molar refractivity (Wildman–Crippen MR) is 74.3 cm³/mol. The lowest BCUT2D eigenvalue weighted by Crippen LogP contribution is -2.33. The second kappa shape index (κ2) is 5.69. The van der Waals surface area contributed by atoms with Gasteiger partial charge in [0.2, 0.25) is 0 Å². The minimum atomic E-state index is -3.27. The second-order valence-electron chi connectivity index (χ2n) is 4.65. The Balaban J connectivity index is 2.21. The molecule has 0 aromatic carbocycles. The molecule has 0 saturated heterocycles. The van der Waals surface area contributed by atoms with Crippen LogP contribution < -0.4 is 5.32 Å². The highest BCUT2D eigenvalue weighted by Crippen LogP contribution is 2.34. The van der Waals surface area contributed by atoms with Gasteiger partial charge in [-0.1, -0.05) is 6.92 Å². The summed E-state index contributed by atoms with van der Waals surface area (Å²) < 4.78 is 27.2. The van der Waals surface area contributed by atoms with E-state index < -0.39 is 10.0 Å². The van der Waals surface area contributed by atoms with E-state index in [-0.39, 0.29) is 6.04 Å². The third kappa shape index (κ3) is 2.93. The predicted octanol–water partition coefficient (Wildman–Crippen LogP) is 2.03. The van der Waals surface area contributed by atoms with E-state index in [0.29, 0.717) is 17.3 Å². The molecule has 0 bridgehead atoms. The van der Waals surface area contributed by atoms with Crippen LogP contribution >= 0.6 is 11.3 Å². The van der Waals surface area contributed by atoms with Gasteiger partial charge in [-0.25, -0.2) is 8.42 Å². The summed E-state index contributed by atoms with van der Waals surface area (Å²) in [5, 5.41) is 4.95. The van der Waals surface area contributed by atoms with Crippen LogP contribution in [-0.4, -0.2) is 32.4 Å². The maximum atomic E-state index is 12.5. The summed E-state index contributed by atoms with van der Waals surface area (Å²) in [6.45, 7) is 3.36. The minimum Gasteiger partial charge on any atom is -0.316 e. The van der Waals surface area contributed by atoms with Crippen molar-refractivity contribution in [2.24, 2.45) is 0 Å². The first-order chi connectivity index (χ1) is 8.59. The summed E-state index contributed by atoms with van der Waals surface area (Å²) >= 11 is 1.33. The molecule has 1 aromatic heterocycles. The summed E-state index contributed by atoms with van der Waals surface area (Å²) in [4.78, 5) is 0. The number of thiophene rings is 1. The Morgan fingerprint density at radius 3 is 2.78 bits per heavy atom. The van der Waals surface area contributed by atoms with Crippen molar-refractivity contribution < 1.29 is 8.42 Å². The molecule has 4 nitrogen and oxygen atoms in total. The number of nitrogens with zero attached hydrogens (tertiary/aromatic N) is 1. The standard InChI is InChI=1S/C12H20N2O2S2/c1-3-6-14(11-4-5-11)18(15,16)12-7-10(8-13-2)9-17-12/h7,9,11,13H,3-6,8H2,1-2H3. The normalized spacial score (nSPS) is 16.4. The first kappa shape index (κ1) is 14.0. The van der Waals surface area contributed by atoms with Gasteiger partial charge >= 0.3 is 0 Å². The summed E-state index contributed by atoms with van der Waals surface area (Å²) in [5.41, 5.74) is 1.04. The van der Waals surface area contributed by atoms with E-state index in [4.69, 9.17) is 0 Å². The topological polar surface area (TPSA) is 49.4 Å². The van der Waals surface area contributed by atoms with Crippen LogP contribution in [0.1, 0.15) is 31.7 Å². The highest BCUT2D eigenvalue weighted by atomic mass is 32.2. The summed E-state index contributed by atoms with van der Waals surface area (Å²) in [7, 11) is -1.41. The lowest BCUT2D eigenvalue weighted by molar-refractivity contribution is 0.404. The quantitative estimate of drug-likeness (QED) is 0.835. The molecule has 18 heavy (non-hydrogen) atoms. The van der Waals surface area contributed by atoms with Crippen molar-refractivity contribution in [2.45, 2.75) is 43.0 Å². The Labute approximate surface area is 113 Å². The Morgan fingerprint density at radius 2 is 2.22 bits per heavy atom. The van der Waals surface area contributed by atoms with Gasteiger partial charge in [0.05, 0.1) is 0 Å². The first-order valence-corrected chi connectivity index (χ1v) is 8.65. The zero-order valence-electron chi connectivity index (χ0n) is 10.8. The fraction of sp³-hybridized carbons (Fsp3) is 0.667. The third-order valence-corrected chi connectivity index (χ3v) is 6.39. The molecular weight excluding hydrogens is 268 g/mol. The minimum absolute atomic E-state index is 0.241. The van der Waals surface area contributed by atoms with Crippen molar-refractivity contribution in [3.05, 3.63) is 17.0 Å². The molecule has 1 aromatic rings. The maximum absolute atomic E-state index is 12.5. The smallest absolute Gasteiger partial charge is 0.252 e. The third-order valence-electron chi connectivity index (χ3n) is 2.97. The zero-order valence-corrected chi connectivity index (χ0v) is 12.5. The average Bonchev–Trinajstić information content (AvgIpc) is 3.05. The summed E-state index contributed by atoms with van der Waals surface area (Å²) in [6, 6.07) is 2.03. The molecule has 1 heterocycles. The van der Waals surface area contributed by atoms with Gasteiger partial charge in [-0.15, -0.1) is 11.3 Å². The van der Waals surface area contributed by atoms with Gasteiger partial charge < -0.3 is 5.32 Å².